The van der Waals surface area contributed by atoms with Gasteiger partial charge in [-0.05, 0) is 37.3 Å². The predicted octanol–water partition coefficient (Wildman–Crippen LogP) is 3.36. The van der Waals surface area contributed by atoms with Crippen molar-refractivity contribution in [2.75, 3.05) is 18.0 Å². The molecular weight excluding hydrogens is 222 g/mol. The summed E-state index contributed by atoms with van der Waals surface area (Å²) < 4.78 is 0. The number of anilines is 1. The van der Waals surface area contributed by atoms with E-state index in [4.69, 9.17) is 5.26 Å². The molecule has 2 rings (SSSR count). The van der Waals surface area contributed by atoms with Gasteiger partial charge in [0.15, 0.2) is 0 Å². The van der Waals surface area contributed by atoms with Crippen LogP contribution in [0, 0.1) is 17.2 Å². The molecule has 0 bridgehead atoms. The van der Waals surface area contributed by atoms with Crippen LogP contribution in [0.4, 0.5) is 5.82 Å². The molecule has 1 atom stereocenters. The molecule has 1 saturated heterocycles. The van der Waals surface area contributed by atoms with Crippen LogP contribution in [-0.4, -0.2) is 18.1 Å². The number of hydrogen-bond donors (Lipinski definition) is 0. The number of rotatable bonds is 3. The van der Waals surface area contributed by atoms with Crippen molar-refractivity contribution < 1.29 is 0 Å². The Hall–Kier alpha value is -1.56. The lowest BCUT2D eigenvalue weighted by atomic mass is 9.96. The fourth-order valence-electron chi connectivity index (χ4n) is 2.75. The summed E-state index contributed by atoms with van der Waals surface area (Å²) in [4.78, 5) is 6.73. The molecule has 0 radical (unpaired) electrons. The van der Waals surface area contributed by atoms with Crippen molar-refractivity contribution >= 4 is 5.82 Å². The standard InChI is InChI=1S/C15H21N3/c1-2-4-13-5-3-9-18(10-7-13)15-11-14(12-16)6-8-17-15/h6,8,11,13H,2-5,7,9-10H2,1H3. The van der Waals surface area contributed by atoms with Crippen LogP contribution in [0.25, 0.3) is 0 Å². The van der Waals surface area contributed by atoms with Crippen LogP contribution < -0.4 is 4.90 Å². The van der Waals surface area contributed by atoms with Gasteiger partial charge in [0.25, 0.3) is 0 Å². The average Bonchev–Trinajstić information content (AvgIpc) is 2.65. The molecule has 0 N–H and O–H groups in total. The molecule has 0 amide bonds. The van der Waals surface area contributed by atoms with E-state index < -0.39 is 0 Å². The fourth-order valence-corrected chi connectivity index (χ4v) is 2.75. The molecular formula is C15H21N3. The van der Waals surface area contributed by atoms with Gasteiger partial charge in [-0.1, -0.05) is 19.8 Å². The van der Waals surface area contributed by atoms with E-state index in [1.54, 1.807) is 12.3 Å². The third-order valence-electron chi connectivity index (χ3n) is 3.74. The van der Waals surface area contributed by atoms with Gasteiger partial charge >= 0.3 is 0 Å². The maximum absolute atomic E-state index is 8.93. The smallest absolute Gasteiger partial charge is 0.129 e. The van der Waals surface area contributed by atoms with E-state index in [1.807, 2.05) is 6.07 Å². The van der Waals surface area contributed by atoms with Crippen LogP contribution in [-0.2, 0) is 0 Å². The molecule has 1 aliphatic heterocycles. The summed E-state index contributed by atoms with van der Waals surface area (Å²) in [5.74, 6) is 1.84. The summed E-state index contributed by atoms with van der Waals surface area (Å²) >= 11 is 0. The molecule has 96 valence electrons. The molecule has 2 heterocycles. The SMILES string of the molecule is CCCC1CCCN(c2cc(C#N)ccn2)CC1. The zero-order valence-electron chi connectivity index (χ0n) is 11.1. The molecule has 18 heavy (non-hydrogen) atoms. The van der Waals surface area contributed by atoms with Crippen LogP contribution in [0.1, 0.15) is 44.6 Å². The van der Waals surface area contributed by atoms with Gasteiger partial charge in [-0.3, -0.25) is 0 Å². The lowest BCUT2D eigenvalue weighted by Crippen LogP contribution is -2.25. The van der Waals surface area contributed by atoms with Crippen LogP contribution in [0.15, 0.2) is 18.3 Å². The second kappa shape index (κ2) is 6.39. The zero-order valence-corrected chi connectivity index (χ0v) is 11.1. The highest BCUT2D eigenvalue weighted by atomic mass is 15.2. The Bertz CT molecular complexity index is 422. The summed E-state index contributed by atoms with van der Waals surface area (Å²) in [5, 5.41) is 8.93. The first-order chi connectivity index (χ1) is 8.83. The first kappa shape index (κ1) is 12.9. The van der Waals surface area contributed by atoms with Crippen LogP contribution in [0.5, 0.6) is 0 Å². The lowest BCUT2D eigenvalue weighted by Gasteiger charge is -2.21. The fraction of sp³-hybridized carbons (Fsp3) is 0.600. The molecule has 3 nitrogen and oxygen atoms in total. The summed E-state index contributed by atoms with van der Waals surface area (Å²) in [6, 6.07) is 5.85. The van der Waals surface area contributed by atoms with Crippen molar-refractivity contribution in [1.29, 1.82) is 5.26 Å². The maximum atomic E-state index is 8.93. The summed E-state index contributed by atoms with van der Waals surface area (Å²) in [6.07, 6.45) is 8.20. The molecule has 0 aromatic carbocycles. The van der Waals surface area contributed by atoms with Crippen molar-refractivity contribution in [3.8, 4) is 6.07 Å². The molecule has 3 heteroatoms. The van der Waals surface area contributed by atoms with Gasteiger partial charge in [-0.25, -0.2) is 4.98 Å². The Labute approximate surface area is 109 Å². The first-order valence-electron chi connectivity index (χ1n) is 6.94. The molecule has 1 aromatic rings. The quantitative estimate of drug-likeness (QED) is 0.817. The second-order valence-corrected chi connectivity index (χ2v) is 5.09. The van der Waals surface area contributed by atoms with E-state index in [2.05, 4.69) is 22.9 Å². The average molecular weight is 243 g/mol. The Morgan fingerprint density at radius 1 is 1.44 bits per heavy atom. The van der Waals surface area contributed by atoms with Gasteiger partial charge in [0.05, 0.1) is 11.6 Å². The monoisotopic (exact) mass is 243 g/mol. The van der Waals surface area contributed by atoms with Gasteiger partial charge in [0, 0.05) is 19.3 Å². The molecule has 0 saturated carbocycles. The molecule has 0 spiro atoms. The minimum Gasteiger partial charge on any atom is -0.357 e. The van der Waals surface area contributed by atoms with Crippen molar-refractivity contribution in [2.45, 2.75) is 39.0 Å². The van der Waals surface area contributed by atoms with Gasteiger partial charge < -0.3 is 4.90 Å². The van der Waals surface area contributed by atoms with Crippen LogP contribution >= 0.6 is 0 Å². The Morgan fingerprint density at radius 2 is 2.33 bits per heavy atom. The molecule has 0 aliphatic carbocycles. The molecule has 1 unspecified atom stereocenters. The van der Waals surface area contributed by atoms with E-state index >= 15 is 0 Å². The predicted molar refractivity (Wildman–Crippen MR) is 73.4 cm³/mol. The van der Waals surface area contributed by atoms with Gasteiger partial charge in [-0.2, -0.15) is 5.26 Å². The highest BCUT2D eigenvalue weighted by molar-refractivity contribution is 5.44. The highest BCUT2D eigenvalue weighted by Crippen LogP contribution is 2.24. The normalized spacial score (nSPS) is 20.2. The lowest BCUT2D eigenvalue weighted by molar-refractivity contribution is 0.435. The number of nitrogens with zero attached hydrogens (tertiary/aromatic N) is 3. The van der Waals surface area contributed by atoms with Crippen molar-refractivity contribution in [3.05, 3.63) is 23.9 Å². The van der Waals surface area contributed by atoms with E-state index in [9.17, 15) is 0 Å². The second-order valence-electron chi connectivity index (χ2n) is 5.09. The van der Waals surface area contributed by atoms with Crippen LogP contribution in [0.3, 0.4) is 0 Å². The van der Waals surface area contributed by atoms with E-state index in [-0.39, 0.29) is 0 Å². The molecule has 1 fully saturated rings. The Kier molecular flexibility index (Phi) is 4.58. The van der Waals surface area contributed by atoms with Crippen molar-refractivity contribution in [3.63, 3.8) is 0 Å². The van der Waals surface area contributed by atoms with E-state index in [0.717, 1.165) is 24.8 Å². The number of nitriles is 1. The highest BCUT2D eigenvalue weighted by Gasteiger charge is 2.17. The number of hydrogen-bond acceptors (Lipinski definition) is 3. The minimum absolute atomic E-state index is 0.703. The van der Waals surface area contributed by atoms with Crippen molar-refractivity contribution in [2.24, 2.45) is 5.92 Å². The summed E-state index contributed by atoms with van der Waals surface area (Å²) in [6.45, 7) is 4.41. The van der Waals surface area contributed by atoms with E-state index in [1.165, 1.54) is 32.1 Å². The van der Waals surface area contributed by atoms with E-state index in [0.29, 0.717) is 5.56 Å². The summed E-state index contributed by atoms with van der Waals surface area (Å²) in [5.41, 5.74) is 0.703. The Balaban J connectivity index is 2.03. The third-order valence-corrected chi connectivity index (χ3v) is 3.74. The van der Waals surface area contributed by atoms with Crippen LogP contribution in [0.2, 0.25) is 0 Å². The van der Waals surface area contributed by atoms with Gasteiger partial charge in [0.2, 0.25) is 0 Å². The van der Waals surface area contributed by atoms with Crippen molar-refractivity contribution in [1.82, 2.24) is 4.98 Å². The van der Waals surface area contributed by atoms with Gasteiger partial charge in [-0.15, -0.1) is 0 Å². The number of pyridine rings is 1. The third kappa shape index (κ3) is 3.22. The first-order valence-corrected chi connectivity index (χ1v) is 6.94. The van der Waals surface area contributed by atoms with Gasteiger partial charge in [0.1, 0.15) is 5.82 Å². The molecule has 1 aromatic heterocycles. The summed E-state index contributed by atoms with van der Waals surface area (Å²) in [7, 11) is 0. The number of aromatic nitrogens is 1. The minimum atomic E-state index is 0.703. The Morgan fingerprint density at radius 3 is 3.11 bits per heavy atom. The topological polar surface area (TPSA) is 39.9 Å². The largest absolute Gasteiger partial charge is 0.357 e. The molecule has 1 aliphatic rings. The zero-order chi connectivity index (χ0) is 12.8. The maximum Gasteiger partial charge on any atom is 0.129 e.